The highest BCUT2D eigenvalue weighted by molar-refractivity contribution is 5.91. The molecule has 0 unspecified atom stereocenters. The van der Waals surface area contributed by atoms with E-state index in [1.54, 1.807) is 6.07 Å². The molecule has 30 heavy (non-hydrogen) atoms. The molecule has 1 heterocycles. The Morgan fingerprint density at radius 3 is 2.60 bits per heavy atom. The van der Waals surface area contributed by atoms with E-state index in [9.17, 15) is 19.6 Å². The molecule has 6 heteroatoms. The smallest absolute Gasteiger partial charge is 0.323 e. The van der Waals surface area contributed by atoms with Gasteiger partial charge in [-0.25, -0.2) is 9.18 Å². The van der Waals surface area contributed by atoms with Crippen LogP contribution in [0.15, 0.2) is 54.6 Å². The summed E-state index contributed by atoms with van der Waals surface area (Å²) in [6.07, 6.45) is 6.90. The van der Waals surface area contributed by atoms with Crippen LogP contribution in [-0.2, 0) is 0 Å². The molecule has 3 atom stereocenters. The van der Waals surface area contributed by atoms with E-state index in [0.29, 0.717) is 0 Å². The van der Waals surface area contributed by atoms with Crippen molar-refractivity contribution in [2.45, 2.75) is 43.7 Å². The first-order chi connectivity index (χ1) is 14.6. The second-order valence-corrected chi connectivity index (χ2v) is 7.76. The molecule has 2 aliphatic rings. The number of amides is 2. The molecule has 0 radical (unpaired) electrons. The highest BCUT2D eigenvalue weighted by atomic mass is 19.1. The first kappa shape index (κ1) is 20.1. The summed E-state index contributed by atoms with van der Waals surface area (Å²) in [5, 5.41) is 22.1. The number of allylic oxidation sites excluding steroid dienone is 2. The molecule has 0 saturated carbocycles. The van der Waals surface area contributed by atoms with E-state index in [2.05, 4.69) is 29.6 Å². The van der Waals surface area contributed by atoms with Crippen LogP contribution in [0.3, 0.4) is 0 Å². The Morgan fingerprint density at radius 2 is 1.97 bits per heavy atom. The molecule has 1 fully saturated rings. The van der Waals surface area contributed by atoms with E-state index < -0.39 is 23.9 Å². The second kappa shape index (κ2) is 8.68. The van der Waals surface area contributed by atoms with Gasteiger partial charge in [0.2, 0.25) is 0 Å². The fourth-order valence-corrected chi connectivity index (χ4v) is 4.45. The van der Waals surface area contributed by atoms with Crippen LogP contribution in [-0.4, -0.2) is 34.7 Å². The standard InChI is InChI=1S/C24H24FN3O2/c25-19-8-4-5-9-20(19)27-24(30)28-21(14-26)23(22(28)15-29)18-12-10-17(11-13-18)16-6-2-1-3-7-16/h4-6,8-13,21-23,29H,1-3,7,15H2,(H,27,30)/t21-,22+,23+/m1/s1. The Kier molecular flexibility index (Phi) is 5.82. The summed E-state index contributed by atoms with van der Waals surface area (Å²) in [6.45, 7) is -0.277. The van der Waals surface area contributed by atoms with Gasteiger partial charge in [0.05, 0.1) is 24.4 Å². The second-order valence-electron chi connectivity index (χ2n) is 7.76. The minimum atomic E-state index is -0.728. The van der Waals surface area contributed by atoms with Crippen molar-refractivity contribution >= 4 is 17.3 Å². The lowest BCUT2D eigenvalue weighted by atomic mass is 9.75. The Morgan fingerprint density at radius 1 is 1.20 bits per heavy atom. The van der Waals surface area contributed by atoms with Crippen molar-refractivity contribution in [2.75, 3.05) is 11.9 Å². The van der Waals surface area contributed by atoms with Crippen molar-refractivity contribution in [2.24, 2.45) is 0 Å². The molecule has 2 aromatic rings. The van der Waals surface area contributed by atoms with E-state index in [1.807, 2.05) is 12.1 Å². The normalized spacial score (nSPS) is 23.2. The van der Waals surface area contributed by atoms with Gasteiger partial charge in [-0.05, 0) is 54.5 Å². The first-order valence-corrected chi connectivity index (χ1v) is 10.3. The summed E-state index contributed by atoms with van der Waals surface area (Å²) >= 11 is 0. The van der Waals surface area contributed by atoms with Crippen molar-refractivity contribution in [3.63, 3.8) is 0 Å². The number of hydrogen-bond acceptors (Lipinski definition) is 3. The maximum atomic E-state index is 13.9. The van der Waals surface area contributed by atoms with Gasteiger partial charge in [-0.1, -0.05) is 42.5 Å². The van der Waals surface area contributed by atoms with Gasteiger partial charge in [0.15, 0.2) is 0 Å². The largest absolute Gasteiger partial charge is 0.394 e. The Bertz CT molecular complexity index is 996. The molecular weight excluding hydrogens is 381 g/mol. The molecule has 0 bridgehead atoms. The molecule has 4 rings (SSSR count). The summed E-state index contributed by atoms with van der Waals surface area (Å²) in [7, 11) is 0. The number of aliphatic hydroxyl groups is 1. The number of likely N-dealkylation sites (tertiary alicyclic amines) is 1. The van der Waals surface area contributed by atoms with Crippen molar-refractivity contribution < 1.29 is 14.3 Å². The van der Waals surface area contributed by atoms with Crippen LogP contribution >= 0.6 is 0 Å². The molecule has 2 N–H and O–H groups in total. The number of hydrogen-bond donors (Lipinski definition) is 2. The lowest BCUT2D eigenvalue weighted by molar-refractivity contribution is 0.0223. The van der Waals surface area contributed by atoms with E-state index in [1.165, 1.54) is 47.1 Å². The maximum Gasteiger partial charge on any atom is 0.323 e. The van der Waals surface area contributed by atoms with Gasteiger partial charge in [-0.2, -0.15) is 5.26 Å². The summed E-state index contributed by atoms with van der Waals surface area (Å²) in [5.41, 5.74) is 3.49. The van der Waals surface area contributed by atoms with Crippen LogP contribution in [0.4, 0.5) is 14.9 Å². The number of anilines is 1. The molecule has 5 nitrogen and oxygen atoms in total. The van der Waals surface area contributed by atoms with Crippen molar-refractivity contribution in [1.82, 2.24) is 4.90 Å². The number of para-hydroxylation sites is 1. The molecule has 2 aromatic carbocycles. The van der Waals surface area contributed by atoms with Crippen LogP contribution in [0.2, 0.25) is 0 Å². The molecule has 1 saturated heterocycles. The van der Waals surface area contributed by atoms with Gasteiger partial charge in [0, 0.05) is 5.92 Å². The van der Waals surface area contributed by atoms with Gasteiger partial charge in [-0.3, -0.25) is 0 Å². The number of nitrogens with zero attached hydrogens (tertiary/aromatic N) is 2. The predicted octanol–water partition coefficient (Wildman–Crippen LogP) is 4.67. The zero-order valence-electron chi connectivity index (χ0n) is 16.6. The average molecular weight is 405 g/mol. The van der Waals surface area contributed by atoms with Gasteiger partial charge >= 0.3 is 6.03 Å². The first-order valence-electron chi connectivity index (χ1n) is 10.3. The molecule has 1 aliphatic carbocycles. The van der Waals surface area contributed by atoms with Crippen LogP contribution in [0.1, 0.15) is 42.7 Å². The number of halogens is 1. The SMILES string of the molecule is N#C[C@@H]1[C@H](c2ccc(C3=CCCCC3)cc2)[C@H](CO)N1C(=O)Nc1ccccc1F. The highest BCUT2D eigenvalue weighted by Gasteiger charge is 2.51. The van der Waals surface area contributed by atoms with Crippen molar-refractivity contribution in [1.29, 1.82) is 5.26 Å². The number of carbonyl (C=O) groups is 1. The molecule has 2 amide bonds. The zero-order chi connectivity index (χ0) is 21.1. The number of urea groups is 1. The Hall–Kier alpha value is -3.17. The van der Waals surface area contributed by atoms with E-state index >= 15 is 0 Å². The van der Waals surface area contributed by atoms with Crippen LogP contribution in [0.5, 0.6) is 0 Å². The summed E-state index contributed by atoms with van der Waals surface area (Å²) < 4.78 is 13.9. The fourth-order valence-electron chi connectivity index (χ4n) is 4.45. The number of benzene rings is 2. The molecule has 0 spiro atoms. The van der Waals surface area contributed by atoms with Gasteiger partial charge < -0.3 is 15.3 Å². The van der Waals surface area contributed by atoms with E-state index in [0.717, 1.165) is 18.4 Å². The fraction of sp³-hybridized carbons (Fsp3) is 0.333. The van der Waals surface area contributed by atoms with Gasteiger partial charge in [0.1, 0.15) is 11.9 Å². The lowest BCUT2D eigenvalue weighted by Gasteiger charge is -2.51. The Labute approximate surface area is 175 Å². The van der Waals surface area contributed by atoms with Crippen LogP contribution in [0.25, 0.3) is 5.57 Å². The van der Waals surface area contributed by atoms with Crippen molar-refractivity contribution in [3.8, 4) is 6.07 Å². The van der Waals surface area contributed by atoms with Gasteiger partial charge in [0.25, 0.3) is 0 Å². The number of carbonyl (C=O) groups excluding carboxylic acids is 1. The predicted molar refractivity (Wildman–Crippen MR) is 113 cm³/mol. The minimum Gasteiger partial charge on any atom is -0.394 e. The third-order valence-electron chi connectivity index (χ3n) is 6.04. The molecule has 154 valence electrons. The minimum absolute atomic E-state index is 0.0458. The third-order valence-corrected chi connectivity index (χ3v) is 6.04. The number of nitrogens with one attached hydrogen (secondary N) is 1. The number of nitriles is 1. The highest BCUT2D eigenvalue weighted by Crippen LogP contribution is 2.41. The van der Waals surface area contributed by atoms with E-state index in [4.69, 9.17) is 0 Å². The summed E-state index contributed by atoms with van der Waals surface area (Å²) in [5.74, 6) is -0.842. The summed E-state index contributed by atoms with van der Waals surface area (Å²) in [4.78, 5) is 14.0. The number of rotatable bonds is 4. The quantitative estimate of drug-likeness (QED) is 0.776. The summed E-state index contributed by atoms with van der Waals surface area (Å²) in [6, 6.07) is 14.2. The Balaban J connectivity index is 1.52. The third kappa shape index (κ3) is 3.69. The molecule has 0 aromatic heterocycles. The maximum absolute atomic E-state index is 13.9. The zero-order valence-corrected chi connectivity index (χ0v) is 16.6. The average Bonchev–Trinajstić information content (AvgIpc) is 2.76. The van der Waals surface area contributed by atoms with Crippen LogP contribution < -0.4 is 5.32 Å². The van der Waals surface area contributed by atoms with E-state index in [-0.39, 0.29) is 18.2 Å². The number of aliphatic hydroxyl groups excluding tert-OH is 1. The van der Waals surface area contributed by atoms with Crippen LogP contribution in [0, 0.1) is 17.1 Å². The van der Waals surface area contributed by atoms with Gasteiger partial charge in [-0.15, -0.1) is 0 Å². The van der Waals surface area contributed by atoms with Crippen molar-refractivity contribution in [3.05, 3.63) is 71.6 Å². The topological polar surface area (TPSA) is 76.4 Å². The lowest BCUT2D eigenvalue weighted by Crippen LogP contribution is -2.66. The molecular formula is C24H24FN3O2. The molecule has 1 aliphatic heterocycles. The monoisotopic (exact) mass is 405 g/mol.